The predicted octanol–water partition coefficient (Wildman–Crippen LogP) is 0.799. The van der Waals surface area contributed by atoms with Gasteiger partial charge in [-0.3, -0.25) is 14.2 Å². The fourth-order valence-corrected chi connectivity index (χ4v) is 3.24. The zero-order valence-corrected chi connectivity index (χ0v) is 16.2. The Morgan fingerprint density at radius 1 is 0.821 bits per heavy atom. The van der Waals surface area contributed by atoms with Gasteiger partial charge in [-0.2, -0.15) is 0 Å². The molecular formula is C15H17N3O8S2. The standard InChI is InChI=1S/C15H17N3O8S2/c1-27(23,24)17-10-5-8(6-11(14(10)21)18-28(2,25)26)15(22)16-9-3-4-12(19)13(20)7-9/h3-7,17-21H,1-2H3,(H,16,22). The fraction of sp³-hybridized carbons (Fsp3) is 0.133. The molecule has 2 aromatic rings. The molecule has 6 N–H and O–H groups in total. The molecule has 0 heterocycles. The maximum atomic E-state index is 12.5. The van der Waals surface area contributed by atoms with E-state index in [1.54, 1.807) is 0 Å². The SMILES string of the molecule is CS(=O)(=O)Nc1cc(C(=O)Nc2ccc(O)c(O)c2)cc(NS(C)(=O)=O)c1O. The minimum atomic E-state index is -3.85. The molecule has 28 heavy (non-hydrogen) atoms. The molecule has 0 radical (unpaired) electrons. The Morgan fingerprint density at radius 2 is 1.32 bits per heavy atom. The average Bonchev–Trinajstić information content (AvgIpc) is 2.52. The molecule has 2 aromatic carbocycles. The number of phenols is 3. The van der Waals surface area contributed by atoms with Crippen molar-refractivity contribution >= 4 is 43.0 Å². The van der Waals surface area contributed by atoms with Crippen molar-refractivity contribution < 1.29 is 36.9 Å². The van der Waals surface area contributed by atoms with Crippen molar-refractivity contribution in [3.05, 3.63) is 35.9 Å². The quantitative estimate of drug-likeness (QED) is 0.287. The first-order valence-electron chi connectivity index (χ1n) is 7.41. The molecule has 0 spiro atoms. The van der Waals surface area contributed by atoms with Crippen molar-refractivity contribution in [1.29, 1.82) is 0 Å². The van der Waals surface area contributed by atoms with Gasteiger partial charge in [0.25, 0.3) is 5.91 Å². The van der Waals surface area contributed by atoms with Crippen molar-refractivity contribution in [3.8, 4) is 17.2 Å². The van der Waals surface area contributed by atoms with Gasteiger partial charge in [0.2, 0.25) is 20.0 Å². The first kappa shape index (κ1) is 21.1. The van der Waals surface area contributed by atoms with Gasteiger partial charge in [0.1, 0.15) is 0 Å². The number of carbonyl (C=O) groups is 1. The Hall–Kier alpha value is -3.19. The zero-order valence-electron chi connectivity index (χ0n) is 14.6. The van der Waals surface area contributed by atoms with Crippen LogP contribution < -0.4 is 14.8 Å². The molecule has 152 valence electrons. The van der Waals surface area contributed by atoms with Crippen molar-refractivity contribution in [2.45, 2.75) is 0 Å². The van der Waals surface area contributed by atoms with E-state index in [2.05, 4.69) is 5.32 Å². The van der Waals surface area contributed by atoms with E-state index in [1.807, 2.05) is 9.44 Å². The van der Waals surface area contributed by atoms with E-state index in [9.17, 15) is 36.9 Å². The Balaban J connectivity index is 2.48. The van der Waals surface area contributed by atoms with Gasteiger partial charge < -0.3 is 20.6 Å². The van der Waals surface area contributed by atoms with Crippen LogP contribution >= 0.6 is 0 Å². The molecule has 0 aliphatic heterocycles. The van der Waals surface area contributed by atoms with Crippen molar-refractivity contribution in [3.63, 3.8) is 0 Å². The second kappa shape index (κ2) is 7.44. The molecular weight excluding hydrogens is 414 g/mol. The summed E-state index contributed by atoms with van der Waals surface area (Å²) in [6.07, 6.45) is 1.62. The Kier molecular flexibility index (Phi) is 5.61. The van der Waals surface area contributed by atoms with Crippen LogP contribution in [0.4, 0.5) is 17.1 Å². The normalized spacial score (nSPS) is 11.6. The summed E-state index contributed by atoms with van der Waals surface area (Å²) in [6.45, 7) is 0. The minimum Gasteiger partial charge on any atom is -0.504 e. The molecule has 0 bridgehead atoms. The topological polar surface area (TPSA) is 182 Å². The summed E-state index contributed by atoms with van der Waals surface area (Å²) < 4.78 is 49.9. The van der Waals surface area contributed by atoms with E-state index >= 15 is 0 Å². The highest BCUT2D eigenvalue weighted by Crippen LogP contribution is 2.35. The van der Waals surface area contributed by atoms with E-state index in [0.29, 0.717) is 0 Å². The smallest absolute Gasteiger partial charge is 0.255 e. The van der Waals surface area contributed by atoms with Gasteiger partial charge >= 0.3 is 0 Å². The van der Waals surface area contributed by atoms with Crippen LogP contribution in [-0.2, 0) is 20.0 Å². The van der Waals surface area contributed by atoms with Gasteiger partial charge in [-0.1, -0.05) is 0 Å². The second-order valence-electron chi connectivity index (χ2n) is 5.83. The van der Waals surface area contributed by atoms with Crippen LogP contribution in [0.1, 0.15) is 10.4 Å². The van der Waals surface area contributed by atoms with E-state index < -0.39 is 54.6 Å². The van der Waals surface area contributed by atoms with Crippen LogP contribution in [0.3, 0.4) is 0 Å². The molecule has 13 heteroatoms. The summed E-state index contributed by atoms with van der Waals surface area (Å²) in [5.74, 6) is -2.42. The lowest BCUT2D eigenvalue weighted by molar-refractivity contribution is 0.102. The van der Waals surface area contributed by atoms with Crippen LogP contribution in [0.2, 0.25) is 0 Å². The van der Waals surface area contributed by atoms with Crippen LogP contribution in [0.15, 0.2) is 30.3 Å². The largest absolute Gasteiger partial charge is 0.504 e. The number of anilines is 3. The number of benzene rings is 2. The van der Waals surface area contributed by atoms with Crippen LogP contribution in [-0.4, -0.2) is 50.6 Å². The van der Waals surface area contributed by atoms with Gasteiger partial charge in [-0.15, -0.1) is 0 Å². The third-order valence-electron chi connectivity index (χ3n) is 3.20. The lowest BCUT2D eigenvalue weighted by Gasteiger charge is -2.14. The molecule has 0 aromatic heterocycles. The molecule has 11 nitrogen and oxygen atoms in total. The lowest BCUT2D eigenvalue weighted by Crippen LogP contribution is -2.16. The predicted molar refractivity (Wildman–Crippen MR) is 103 cm³/mol. The number of aromatic hydroxyl groups is 3. The molecule has 0 saturated heterocycles. The molecule has 0 aliphatic rings. The minimum absolute atomic E-state index is 0.101. The molecule has 0 fully saturated rings. The molecule has 0 unspecified atom stereocenters. The van der Waals surface area contributed by atoms with E-state index in [-0.39, 0.29) is 11.3 Å². The maximum Gasteiger partial charge on any atom is 0.255 e. The summed E-state index contributed by atoms with van der Waals surface area (Å²) in [6, 6.07) is 5.49. The third kappa shape index (κ3) is 5.65. The van der Waals surface area contributed by atoms with Crippen molar-refractivity contribution in [2.75, 3.05) is 27.3 Å². The van der Waals surface area contributed by atoms with Crippen LogP contribution in [0, 0.1) is 0 Å². The van der Waals surface area contributed by atoms with Gasteiger partial charge in [-0.05, 0) is 24.3 Å². The molecule has 0 atom stereocenters. The zero-order chi connectivity index (χ0) is 21.3. The number of sulfonamides is 2. The number of nitrogens with one attached hydrogen (secondary N) is 3. The highest BCUT2D eigenvalue weighted by Gasteiger charge is 2.19. The van der Waals surface area contributed by atoms with Gasteiger partial charge in [0.05, 0.1) is 23.9 Å². The van der Waals surface area contributed by atoms with Crippen molar-refractivity contribution in [2.24, 2.45) is 0 Å². The second-order valence-corrected chi connectivity index (χ2v) is 9.32. The number of hydrogen-bond acceptors (Lipinski definition) is 8. The fourth-order valence-electron chi connectivity index (χ4n) is 2.13. The maximum absolute atomic E-state index is 12.5. The van der Waals surface area contributed by atoms with E-state index in [1.165, 1.54) is 6.07 Å². The highest BCUT2D eigenvalue weighted by molar-refractivity contribution is 7.92. The Labute approximate surface area is 160 Å². The molecule has 0 saturated carbocycles. The summed E-state index contributed by atoms with van der Waals surface area (Å²) in [7, 11) is -7.70. The van der Waals surface area contributed by atoms with Crippen LogP contribution in [0.5, 0.6) is 17.2 Å². The number of hydrogen-bond donors (Lipinski definition) is 6. The summed E-state index contributed by atoms with van der Waals surface area (Å²) in [5, 5.41) is 31.3. The molecule has 1 amide bonds. The van der Waals surface area contributed by atoms with Gasteiger partial charge in [0.15, 0.2) is 17.2 Å². The first-order valence-corrected chi connectivity index (χ1v) is 11.2. The molecule has 2 rings (SSSR count). The van der Waals surface area contributed by atoms with E-state index in [4.69, 9.17) is 0 Å². The van der Waals surface area contributed by atoms with Gasteiger partial charge in [-0.25, -0.2) is 16.8 Å². The average molecular weight is 431 g/mol. The number of amides is 1. The number of carbonyl (C=O) groups excluding carboxylic acids is 1. The number of phenolic OH excluding ortho intramolecular Hbond substituents is 3. The van der Waals surface area contributed by atoms with Gasteiger partial charge in [0, 0.05) is 17.3 Å². The number of rotatable bonds is 6. The third-order valence-corrected chi connectivity index (χ3v) is 4.38. The monoisotopic (exact) mass is 431 g/mol. The summed E-state index contributed by atoms with van der Waals surface area (Å²) in [5.41, 5.74) is -0.948. The molecule has 0 aliphatic carbocycles. The van der Waals surface area contributed by atoms with E-state index in [0.717, 1.165) is 36.8 Å². The first-order chi connectivity index (χ1) is 12.7. The Morgan fingerprint density at radius 3 is 1.75 bits per heavy atom. The lowest BCUT2D eigenvalue weighted by atomic mass is 10.1. The van der Waals surface area contributed by atoms with Crippen molar-refractivity contribution in [1.82, 2.24) is 0 Å². The summed E-state index contributed by atoms with van der Waals surface area (Å²) in [4.78, 5) is 12.5. The highest BCUT2D eigenvalue weighted by atomic mass is 32.2. The van der Waals surface area contributed by atoms with Crippen LogP contribution in [0.25, 0.3) is 0 Å². The summed E-state index contributed by atoms with van der Waals surface area (Å²) >= 11 is 0. The Bertz CT molecular complexity index is 1090.